The van der Waals surface area contributed by atoms with Crippen LogP contribution in [0.15, 0.2) is 14.7 Å². The molecule has 0 amide bonds. The standard InChI is InChI=1S/C12H21BrN2O2S2/c1-5-10(8(2)3)15-19(16,17)11-6-9(7-14-4)18-12(11)13/h6,8,10,14-15H,5,7H2,1-4H3. The maximum atomic E-state index is 12.4. The van der Waals surface area contributed by atoms with Crippen LogP contribution in [0, 0.1) is 5.92 Å². The van der Waals surface area contributed by atoms with Crippen molar-refractivity contribution in [2.45, 2.75) is 44.7 Å². The summed E-state index contributed by atoms with van der Waals surface area (Å²) >= 11 is 4.79. The first-order chi connectivity index (χ1) is 8.81. The van der Waals surface area contributed by atoms with E-state index in [2.05, 4.69) is 26.0 Å². The zero-order valence-corrected chi connectivity index (χ0v) is 14.9. The van der Waals surface area contributed by atoms with Crippen LogP contribution in [0.25, 0.3) is 0 Å². The third kappa shape index (κ3) is 4.53. The Morgan fingerprint density at radius 2 is 2.05 bits per heavy atom. The Bertz CT molecular complexity index is 512. The van der Waals surface area contributed by atoms with Crippen LogP contribution in [-0.2, 0) is 16.6 Å². The van der Waals surface area contributed by atoms with Crippen molar-refractivity contribution in [1.82, 2.24) is 10.0 Å². The van der Waals surface area contributed by atoms with E-state index in [9.17, 15) is 8.42 Å². The van der Waals surface area contributed by atoms with E-state index in [4.69, 9.17) is 0 Å². The average molecular weight is 369 g/mol. The summed E-state index contributed by atoms with van der Waals surface area (Å²) in [6.45, 7) is 6.69. The number of nitrogens with one attached hydrogen (secondary N) is 2. The Labute approximate surface area is 128 Å². The minimum absolute atomic E-state index is 0.0375. The van der Waals surface area contributed by atoms with Crippen molar-refractivity contribution in [2.24, 2.45) is 5.92 Å². The van der Waals surface area contributed by atoms with Gasteiger partial charge in [-0.1, -0.05) is 20.8 Å². The van der Waals surface area contributed by atoms with Crippen molar-refractivity contribution in [2.75, 3.05) is 7.05 Å². The van der Waals surface area contributed by atoms with E-state index in [-0.39, 0.29) is 12.0 Å². The molecule has 0 bridgehead atoms. The molecule has 0 aliphatic carbocycles. The summed E-state index contributed by atoms with van der Waals surface area (Å²) in [5.41, 5.74) is 0. The molecule has 1 atom stereocenters. The molecule has 0 radical (unpaired) electrons. The van der Waals surface area contributed by atoms with Gasteiger partial charge in [0.2, 0.25) is 10.0 Å². The van der Waals surface area contributed by atoms with Gasteiger partial charge in [0.15, 0.2) is 0 Å². The molecule has 110 valence electrons. The molecule has 0 aromatic carbocycles. The molecule has 2 N–H and O–H groups in total. The lowest BCUT2D eigenvalue weighted by atomic mass is 10.0. The van der Waals surface area contributed by atoms with Crippen LogP contribution >= 0.6 is 27.3 Å². The number of sulfonamides is 1. The Morgan fingerprint density at radius 3 is 2.53 bits per heavy atom. The third-order valence-electron chi connectivity index (χ3n) is 2.90. The van der Waals surface area contributed by atoms with Crippen molar-refractivity contribution >= 4 is 37.3 Å². The van der Waals surface area contributed by atoms with Gasteiger partial charge in [-0.25, -0.2) is 13.1 Å². The Hall–Kier alpha value is 0.0500. The molecular weight excluding hydrogens is 348 g/mol. The normalized spacial score (nSPS) is 14.0. The van der Waals surface area contributed by atoms with Gasteiger partial charge in [0.25, 0.3) is 0 Å². The van der Waals surface area contributed by atoms with Gasteiger partial charge in [-0.3, -0.25) is 0 Å². The third-order valence-corrected chi connectivity index (χ3v) is 6.64. The fourth-order valence-corrected chi connectivity index (χ4v) is 5.96. The molecule has 19 heavy (non-hydrogen) atoms. The molecule has 1 heterocycles. The first-order valence-corrected chi connectivity index (χ1v) is 9.36. The molecule has 0 spiro atoms. The minimum atomic E-state index is -3.46. The number of hydrogen-bond donors (Lipinski definition) is 2. The summed E-state index contributed by atoms with van der Waals surface area (Å²) in [4.78, 5) is 1.33. The molecule has 4 nitrogen and oxygen atoms in total. The maximum Gasteiger partial charge on any atom is 0.242 e. The molecular formula is C12H21BrN2O2S2. The van der Waals surface area contributed by atoms with Gasteiger partial charge >= 0.3 is 0 Å². The highest BCUT2D eigenvalue weighted by atomic mass is 79.9. The Balaban J connectivity index is 2.99. The van der Waals surface area contributed by atoms with Gasteiger partial charge < -0.3 is 5.32 Å². The van der Waals surface area contributed by atoms with Crippen molar-refractivity contribution in [3.63, 3.8) is 0 Å². The van der Waals surface area contributed by atoms with Crippen LogP contribution in [0.4, 0.5) is 0 Å². The topological polar surface area (TPSA) is 58.2 Å². The van der Waals surface area contributed by atoms with Crippen LogP contribution < -0.4 is 10.0 Å². The summed E-state index contributed by atoms with van der Waals surface area (Å²) < 4.78 is 28.2. The second kappa shape index (κ2) is 7.17. The molecule has 1 rings (SSSR count). The fourth-order valence-electron chi connectivity index (χ4n) is 1.80. The van der Waals surface area contributed by atoms with E-state index >= 15 is 0 Å². The lowest BCUT2D eigenvalue weighted by Crippen LogP contribution is -2.37. The van der Waals surface area contributed by atoms with E-state index in [1.165, 1.54) is 11.3 Å². The van der Waals surface area contributed by atoms with Gasteiger partial charge in [0, 0.05) is 17.5 Å². The van der Waals surface area contributed by atoms with Crippen LogP contribution in [0.2, 0.25) is 0 Å². The largest absolute Gasteiger partial charge is 0.315 e. The molecule has 0 saturated heterocycles. The van der Waals surface area contributed by atoms with E-state index in [1.807, 2.05) is 27.8 Å². The minimum Gasteiger partial charge on any atom is -0.315 e. The molecule has 7 heteroatoms. The molecule has 0 fully saturated rings. The summed E-state index contributed by atoms with van der Waals surface area (Å²) in [5, 5.41) is 3.02. The Morgan fingerprint density at radius 1 is 1.42 bits per heavy atom. The molecule has 1 aromatic rings. The van der Waals surface area contributed by atoms with Crippen LogP contribution in [0.1, 0.15) is 32.1 Å². The predicted molar refractivity (Wildman–Crippen MR) is 84.0 cm³/mol. The van der Waals surface area contributed by atoms with Crippen molar-refractivity contribution in [3.8, 4) is 0 Å². The number of halogens is 1. The average Bonchev–Trinajstić information content (AvgIpc) is 2.68. The highest BCUT2D eigenvalue weighted by molar-refractivity contribution is 9.11. The molecule has 1 unspecified atom stereocenters. The zero-order valence-electron chi connectivity index (χ0n) is 11.7. The van der Waals surface area contributed by atoms with Gasteiger partial charge in [0.1, 0.15) is 4.90 Å². The smallest absolute Gasteiger partial charge is 0.242 e. The zero-order chi connectivity index (χ0) is 14.6. The molecule has 0 aliphatic heterocycles. The summed E-state index contributed by atoms with van der Waals surface area (Å²) in [6, 6.07) is 1.69. The fraction of sp³-hybridized carbons (Fsp3) is 0.667. The second-order valence-corrected chi connectivity index (χ2v) is 8.90. The molecule has 0 aliphatic rings. The van der Waals surface area contributed by atoms with E-state index in [0.717, 1.165) is 11.3 Å². The maximum absolute atomic E-state index is 12.4. The quantitative estimate of drug-likeness (QED) is 0.777. The van der Waals surface area contributed by atoms with Gasteiger partial charge in [-0.2, -0.15) is 0 Å². The lowest BCUT2D eigenvalue weighted by Gasteiger charge is -2.20. The van der Waals surface area contributed by atoms with E-state index in [1.54, 1.807) is 6.07 Å². The van der Waals surface area contributed by atoms with Crippen LogP contribution in [-0.4, -0.2) is 21.5 Å². The monoisotopic (exact) mass is 368 g/mol. The SMILES string of the molecule is CCC(NS(=O)(=O)c1cc(CNC)sc1Br)C(C)C. The predicted octanol–water partition coefficient (Wildman–Crippen LogP) is 2.94. The van der Waals surface area contributed by atoms with Crippen molar-refractivity contribution in [1.29, 1.82) is 0 Å². The van der Waals surface area contributed by atoms with Crippen molar-refractivity contribution < 1.29 is 8.42 Å². The van der Waals surface area contributed by atoms with Gasteiger partial charge in [-0.05, 0) is 41.4 Å². The van der Waals surface area contributed by atoms with Gasteiger partial charge in [-0.15, -0.1) is 11.3 Å². The first kappa shape index (κ1) is 17.1. The summed E-state index contributed by atoms with van der Waals surface area (Å²) in [6.07, 6.45) is 0.780. The van der Waals surface area contributed by atoms with E-state index < -0.39 is 10.0 Å². The number of thiophene rings is 1. The first-order valence-electron chi connectivity index (χ1n) is 6.27. The molecule has 0 saturated carbocycles. The molecule has 1 aromatic heterocycles. The highest BCUT2D eigenvalue weighted by Crippen LogP contribution is 2.32. The number of hydrogen-bond acceptors (Lipinski definition) is 4. The lowest BCUT2D eigenvalue weighted by molar-refractivity contribution is 0.437. The second-order valence-electron chi connectivity index (χ2n) is 4.76. The summed E-state index contributed by atoms with van der Waals surface area (Å²) in [7, 11) is -1.62. The van der Waals surface area contributed by atoms with Crippen LogP contribution in [0.5, 0.6) is 0 Å². The van der Waals surface area contributed by atoms with E-state index in [0.29, 0.717) is 15.2 Å². The van der Waals surface area contributed by atoms with Gasteiger partial charge in [0.05, 0.1) is 3.79 Å². The highest BCUT2D eigenvalue weighted by Gasteiger charge is 2.25. The number of rotatable bonds is 7. The van der Waals surface area contributed by atoms with Crippen LogP contribution in [0.3, 0.4) is 0 Å². The van der Waals surface area contributed by atoms with Crippen molar-refractivity contribution in [3.05, 3.63) is 14.7 Å². The Kier molecular flexibility index (Phi) is 6.46. The summed E-state index contributed by atoms with van der Waals surface area (Å²) in [5.74, 6) is 0.272.